The third kappa shape index (κ3) is 5.84. The fraction of sp³-hybridized carbons (Fsp3) is 0.0357. The summed E-state index contributed by atoms with van der Waals surface area (Å²) in [5, 5.41) is 13.2. The molecule has 0 saturated heterocycles. The van der Waals surface area contributed by atoms with Crippen molar-refractivity contribution in [2.24, 2.45) is 0 Å². The van der Waals surface area contributed by atoms with Crippen LogP contribution in [0.1, 0.15) is 11.1 Å². The lowest BCUT2D eigenvalue weighted by Gasteiger charge is -2.21. The van der Waals surface area contributed by atoms with Crippen molar-refractivity contribution >= 4 is 64.6 Å². The van der Waals surface area contributed by atoms with Crippen molar-refractivity contribution in [2.75, 3.05) is 0 Å². The van der Waals surface area contributed by atoms with Gasteiger partial charge < -0.3 is 0 Å². The Hall–Kier alpha value is -7.23. The number of benzene rings is 11. The molecule has 0 heterocycles. The van der Waals surface area contributed by atoms with Crippen LogP contribution in [0.4, 0.5) is 13.2 Å². The Kier molecular flexibility index (Phi) is 7.96. The maximum atomic E-state index is 14.3. The zero-order valence-electron chi connectivity index (χ0n) is 32.1. The number of hydrogen-bond donors (Lipinski definition) is 0. The van der Waals surface area contributed by atoms with E-state index in [4.69, 9.17) is 0 Å². The second-order valence-electron chi connectivity index (χ2n) is 15.6. The first kappa shape index (κ1) is 35.0. The van der Waals surface area contributed by atoms with Crippen molar-refractivity contribution in [1.82, 2.24) is 0 Å². The van der Waals surface area contributed by atoms with Crippen LogP contribution >= 0.6 is 0 Å². The van der Waals surface area contributed by atoms with Gasteiger partial charge in [0.25, 0.3) is 0 Å². The molecule has 0 atom stereocenters. The summed E-state index contributed by atoms with van der Waals surface area (Å²) in [5.41, 5.74) is 8.14. The van der Waals surface area contributed by atoms with Gasteiger partial charge in [0, 0.05) is 0 Å². The average molecular weight is 765 g/mol. The Morgan fingerprint density at radius 2 is 0.847 bits per heavy atom. The minimum Gasteiger partial charge on any atom is -0.166 e. The molecule has 11 aromatic carbocycles. The molecule has 0 N–H and O–H groups in total. The van der Waals surface area contributed by atoms with Gasteiger partial charge in [0.05, 0.1) is 5.56 Å². The minimum absolute atomic E-state index is 0.511. The Morgan fingerprint density at radius 3 is 1.51 bits per heavy atom. The molecular weight excluding hydrogens is 730 g/mol. The molecule has 11 rings (SSSR count). The van der Waals surface area contributed by atoms with Crippen LogP contribution in [-0.4, -0.2) is 0 Å². The topological polar surface area (TPSA) is 0 Å². The highest BCUT2D eigenvalue weighted by molar-refractivity contribution is 6.25. The van der Waals surface area contributed by atoms with Crippen LogP contribution in [0.15, 0.2) is 194 Å². The number of hydrogen-bond acceptors (Lipinski definition) is 0. The maximum Gasteiger partial charge on any atom is 0.416 e. The van der Waals surface area contributed by atoms with Gasteiger partial charge in [-0.2, -0.15) is 13.2 Å². The molecule has 280 valence electrons. The van der Waals surface area contributed by atoms with E-state index in [-0.39, 0.29) is 0 Å². The summed E-state index contributed by atoms with van der Waals surface area (Å²) in [4.78, 5) is 0. The summed E-state index contributed by atoms with van der Waals surface area (Å²) < 4.78 is 42.9. The predicted molar refractivity (Wildman–Crippen MR) is 243 cm³/mol. The van der Waals surface area contributed by atoms with E-state index >= 15 is 0 Å². The zero-order valence-corrected chi connectivity index (χ0v) is 32.1. The van der Waals surface area contributed by atoms with Gasteiger partial charge in [-0.25, -0.2) is 0 Å². The molecule has 0 amide bonds. The first-order valence-corrected chi connectivity index (χ1v) is 19.9. The molecule has 0 aromatic heterocycles. The monoisotopic (exact) mass is 764 g/mol. The average Bonchev–Trinajstić information content (AvgIpc) is 3.27. The van der Waals surface area contributed by atoms with E-state index in [1.807, 2.05) is 0 Å². The molecule has 0 nitrogen and oxygen atoms in total. The third-order valence-corrected chi connectivity index (χ3v) is 12.1. The highest BCUT2D eigenvalue weighted by atomic mass is 19.4. The fourth-order valence-electron chi connectivity index (χ4n) is 9.24. The van der Waals surface area contributed by atoms with E-state index in [9.17, 15) is 13.2 Å². The first-order valence-electron chi connectivity index (χ1n) is 19.9. The van der Waals surface area contributed by atoms with Crippen LogP contribution in [0, 0.1) is 6.92 Å². The van der Waals surface area contributed by atoms with Crippen molar-refractivity contribution < 1.29 is 13.2 Å². The van der Waals surface area contributed by atoms with Crippen molar-refractivity contribution in [3.8, 4) is 44.5 Å². The summed E-state index contributed by atoms with van der Waals surface area (Å²) in [5.74, 6) is 0. The van der Waals surface area contributed by atoms with Crippen molar-refractivity contribution in [3.05, 3.63) is 205 Å². The van der Waals surface area contributed by atoms with Crippen LogP contribution < -0.4 is 0 Å². The summed E-state index contributed by atoms with van der Waals surface area (Å²) in [6, 6.07) is 66.0. The fourth-order valence-corrected chi connectivity index (χ4v) is 9.24. The van der Waals surface area contributed by atoms with Crippen molar-refractivity contribution in [2.45, 2.75) is 13.1 Å². The predicted octanol–water partition coefficient (Wildman–Crippen LogP) is 16.6. The van der Waals surface area contributed by atoms with E-state index < -0.39 is 11.7 Å². The van der Waals surface area contributed by atoms with Crippen molar-refractivity contribution in [3.63, 3.8) is 0 Å². The van der Waals surface area contributed by atoms with Crippen molar-refractivity contribution in [1.29, 1.82) is 0 Å². The lowest BCUT2D eigenvalue weighted by molar-refractivity contribution is -0.137. The smallest absolute Gasteiger partial charge is 0.166 e. The highest BCUT2D eigenvalue weighted by Gasteiger charge is 2.30. The summed E-state index contributed by atoms with van der Waals surface area (Å²) in [7, 11) is 0. The summed E-state index contributed by atoms with van der Waals surface area (Å²) in [6.07, 6.45) is -4.48. The molecule has 3 heteroatoms. The zero-order chi connectivity index (χ0) is 39.8. The lowest BCUT2D eigenvalue weighted by Crippen LogP contribution is -2.04. The Labute approximate surface area is 339 Å². The van der Waals surface area contributed by atoms with E-state index in [0.29, 0.717) is 5.56 Å². The minimum atomic E-state index is -4.48. The largest absolute Gasteiger partial charge is 0.416 e. The summed E-state index contributed by atoms with van der Waals surface area (Å²) >= 11 is 0. The van der Waals surface area contributed by atoms with Gasteiger partial charge in [0.15, 0.2) is 0 Å². The second-order valence-corrected chi connectivity index (χ2v) is 15.6. The summed E-state index contributed by atoms with van der Waals surface area (Å²) in [6.45, 7) is 2.10. The lowest BCUT2D eigenvalue weighted by atomic mass is 9.82. The number of alkyl halides is 3. The normalized spacial score (nSPS) is 12.1. The van der Waals surface area contributed by atoms with Gasteiger partial charge in [-0.05, 0) is 165 Å². The Bertz CT molecular complexity index is 3480. The first-order chi connectivity index (χ1) is 28.8. The van der Waals surface area contributed by atoms with E-state index in [1.54, 1.807) is 6.07 Å². The SMILES string of the molecule is Cc1ccc(-c2ccc3c(-c4cc5ccccc5c5ccccc45)c4cc(-c5cccc(C(F)(F)F)c5)cc(-c5cc6ccccc6c6ccccc56)c4cc3c2)cc1. The molecule has 0 spiro atoms. The number of rotatable bonds is 4. The molecular formula is C56H35F3. The van der Waals surface area contributed by atoms with Gasteiger partial charge in [0.1, 0.15) is 0 Å². The van der Waals surface area contributed by atoms with Crippen LogP contribution in [-0.2, 0) is 6.18 Å². The molecule has 0 bridgehead atoms. The standard InChI is InChI=1S/C56H35F3/c1-34-21-23-35(24-22-34)37-25-26-45-41(27-37)33-52-51(50-29-38-11-2-4-15-43(38)46-17-6-8-19-48(46)50)31-40(36-13-10-14-42(28-36)56(57,58)59)32-54(52)55(45)53-30-39-12-3-5-16-44(39)47-18-7-9-20-49(47)53/h2-33H,1H3. The van der Waals surface area contributed by atoms with Crippen LogP contribution in [0.2, 0.25) is 0 Å². The highest BCUT2D eigenvalue weighted by Crippen LogP contribution is 2.48. The Morgan fingerprint density at radius 1 is 0.305 bits per heavy atom. The molecule has 11 aromatic rings. The molecule has 0 fully saturated rings. The van der Waals surface area contributed by atoms with Gasteiger partial charge in [-0.1, -0.05) is 151 Å². The maximum absolute atomic E-state index is 14.3. The number of aryl methyl sites for hydroxylation is 1. The second kappa shape index (κ2) is 13.4. The van der Waals surface area contributed by atoms with Gasteiger partial charge in [0.2, 0.25) is 0 Å². The molecule has 0 saturated carbocycles. The number of fused-ring (bicyclic) bond motifs is 8. The van der Waals surface area contributed by atoms with E-state index in [1.165, 1.54) is 23.1 Å². The molecule has 59 heavy (non-hydrogen) atoms. The molecule has 0 radical (unpaired) electrons. The molecule has 0 unspecified atom stereocenters. The van der Waals surface area contributed by atoms with E-state index in [0.717, 1.165) is 104 Å². The van der Waals surface area contributed by atoms with E-state index in [2.05, 4.69) is 177 Å². The molecule has 0 aliphatic carbocycles. The Balaban J connectivity index is 1.34. The van der Waals surface area contributed by atoms with Crippen LogP contribution in [0.25, 0.3) is 109 Å². The van der Waals surface area contributed by atoms with Gasteiger partial charge >= 0.3 is 6.18 Å². The molecule has 0 aliphatic rings. The number of halogens is 3. The van der Waals surface area contributed by atoms with Crippen LogP contribution in [0.5, 0.6) is 0 Å². The third-order valence-electron chi connectivity index (χ3n) is 12.1. The van der Waals surface area contributed by atoms with Crippen LogP contribution in [0.3, 0.4) is 0 Å². The quantitative estimate of drug-likeness (QED) is 0.124. The van der Waals surface area contributed by atoms with Gasteiger partial charge in [-0.3, -0.25) is 0 Å². The molecule has 0 aliphatic heterocycles. The van der Waals surface area contributed by atoms with Gasteiger partial charge in [-0.15, -0.1) is 0 Å².